The molecule has 0 unspecified atom stereocenters. The monoisotopic (exact) mass is 133 g/mol. The lowest BCUT2D eigenvalue weighted by Gasteiger charge is -2.19. The highest BCUT2D eigenvalue weighted by atomic mass is 19.0. The second-order valence-corrected chi connectivity index (χ2v) is 2.34. The summed E-state index contributed by atoms with van der Waals surface area (Å²) < 4.78 is 0. The van der Waals surface area contributed by atoms with Crippen molar-refractivity contribution in [3.63, 3.8) is 0 Å². The van der Waals surface area contributed by atoms with Crippen molar-refractivity contribution in [2.24, 2.45) is 0 Å². The number of carbonyl (C=O) groups excluding carboxylic acids is 1. The maximum absolute atomic E-state index is 10.6. The van der Waals surface area contributed by atoms with Crippen molar-refractivity contribution in [3.8, 4) is 0 Å². The number of Topliss-reactive ketones (excluding diaryl/α,β-unsaturated/α-hetero) is 1. The molecule has 3 heteroatoms. The topological polar surface area (TPSA) is 20.3 Å². The number of likely N-dealkylation sites (tertiary alicyclic amines) is 1. The molecule has 1 rings (SSSR count). The van der Waals surface area contributed by atoms with Crippen LogP contribution >= 0.6 is 0 Å². The number of ketones is 1. The van der Waals surface area contributed by atoms with E-state index in [1.807, 2.05) is 7.05 Å². The van der Waals surface area contributed by atoms with Gasteiger partial charge in [-0.1, -0.05) is 0 Å². The summed E-state index contributed by atoms with van der Waals surface area (Å²) in [5.74, 6) is 0.420. The summed E-state index contributed by atoms with van der Waals surface area (Å²) in [6.07, 6.45) is 1.52. The van der Waals surface area contributed by atoms with Crippen LogP contribution in [0, 0.1) is 0 Å². The standard InChI is InChI=1S/C6H11NO.FH/c1-7-4-2-6(8)3-5-7;/h2-5H2,1H3;1H. The Hall–Kier alpha value is -0.440. The van der Waals surface area contributed by atoms with Crippen LogP contribution in [0.5, 0.6) is 0 Å². The van der Waals surface area contributed by atoms with Crippen LogP contribution in [-0.4, -0.2) is 30.8 Å². The molecule has 0 aliphatic carbocycles. The molecular weight excluding hydrogens is 121 g/mol. The number of hydrogen-bond acceptors (Lipinski definition) is 2. The van der Waals surface area contributed by atoms with Gasteiger partial charge < -0.3 is 4.90 Å². The first-order chi connectivity index (χ1) is 3.79. The van der Waals surface area contributed by atoms with Crippen LogP contribution in [0.15, 0.2) is 0 Å². The van der Waals surface area contributed by atoms with E-state index in [-0.39, 0.29) is 4.70 Å². The van der Waals surface area contributed by atoms with Gasteiger partial charge in [0.05, 0.1) is 0 Å². The summed E-state index contributed by atoms with van der Waals surface area (Å²) in [7, 11) is 2.05. The van der Waals surface area contributed by atoms with Gasteiger partial charge in [-0.2, -0.15) is 0 Å². The van der Waals surface area contributed by atoms with Crippen LogP contribution in [0.4, 0.5) is 4.70 Å². The first-order valence-corrected chi connectivity index (χ1v) is 2.99. The molecule has 1 aliphatic rings. The van der Waals surface area contributed by atoms with E-state index < -0.39 is 0 Å². The Balaban J connectivity index is 0.000000640. The normalized spacial score (nSPS) is 21.2. The highest BCUT2D eigenvalue weighted by molar-refractivity contribution is 5.79. The summed E-state index contributed by atoms with van der Waals surface area (Å²) in [5.41, 5.74) is 0. The zero-order valence-corrected chi connectivity index (χ0v) is 5.59. The molecule has 1 saturated heterocycles. The smallest absolute Gasteiger partial charge is 0.135 e. The fourth-order valence-electron chi connectivity index (χ4n) is 0.868. The molecule has 2 nitrogen and oxygen atoms in total. The Kier molecular flexibility index (Phi) is 3.39. The van der Waals surface area contributed by atoms with Gasteiger partial charge >= 0.3 is 0 Å². The van der Waals surface area contributed by atoms with Gasteiger partial charge in [0, 0.05) is 25.9 Å². The largest absolute Gasteiger partial charge is 0.305 e. The van der Waals surface area contributed by atoms with E-state index in [1.165, 1.54) is 0 Å². The molecule has 1 aliphatic heterocycles. The van der Waals surface area contributed by atoms with Crippen molar-refractivity contribution in [2.45, 2.75) is 12.8 Å². The molecule has 0 saturated carbocycles. The molecule has 0 aromatic heterocycles. The average molecular weight is 133 g/mol. The Morgan fingerprint density at radius 1 is 1.33 bits per heavy atom. The fraction of sp³-hybridized carbons (Fsp3) is 0.833. The fourth-order valence-corrected chi connectivity index (χ4v) is 0.868. The van der Waals surface area contributed by atoms with Crippen molar-refractivity contribution in [2.75, 3.05) is 20.1 Å². The summed E-state index contributed by atoms with van der Waals surface area (Å²) in [6, 6.07) is 0. The molecule has 0 radical (unpaired) electrons. The van der Waals surface area contributed by atoms with Gasteiger partial charge in [0.1, 0.15) is 5.78 Å². The van der Waals surface area contributed by atoms with Gasteiger partial charge in [-0.25, -0.2) is 0 Å². The van der Waals surface area contributed by atoms with Gasteiger partial charge in [0.15, 0.2) is 0 Å². The molecule has 1 fully saturated rings. The molecule has 1 heterocycles. The second kappa shape index (κ2) is 3.56. The molecule has 0 aromatic carbocycles. The molecule has 9 heavy (non-hydrogen) atoms. The van der Waals surface area contributed by atoms with Crippen molar-refractivity contribution >= 4 is 5.78 Å². The number of hydrogen-bond donors (Lipinski definition) is 0. The van der Waals surface area contributed by atoms with Gasteiger partial charge in [-0.15, -0.1) is 0 Å². The highest BCUT2D eigenvalue weighted by Crippen LogP contribution is 2.01. The second-order valence-electron chi connectivity index (χ2n) is 2.34. The molecule has 0 spiro atoms. The third kappa shape index (κ3) is 2.56. The minimum absolute atomic E-state index is 0. The van der Waals surface area contributed by atoms with Crippen molar-refractivity contribution in [1.82, 2.24) is 4.90 Å². The van der Waals surface area contributed by atoms with Crippen LogP contribution in [0.1, 0.15) is 12.8 Å². The minimum atomic E-state index is 0. The van der Waals surface area contributed by atoms with E-state index in [9.17, 15) is 4.79 Å². The van der Waals surface area contributed by atoms with E-state index in [0.717, 1.165) is 25.9 Å². The lowest BCUT2D eigenvalue weighted by Crippen LogP contribution is -2.29. The highest BCUT2D eigenvalue weighted by Gasteiger charge is 2.10. The lowest BCUT2D eigenvalue weighted by molar-refractivity contribution is -0.121. The Bertz CT molecular complexity index is 95.2. The Labute approximate surface area is 54.2 Å². The summed E-state index contributed by atoms with van der Waals surface area (Å²) in [5, 5.41) is 0. The molecule has 0 bridgehead atoms. The minimum Gasteiger partial charge on any atom is -0.305 e. The zero-order valence-electron chi connectivity index (χ0n) is 5.59. The molecule has 54 valence electrons. The number of nitrogens with zero attached hydrogens (tertiary/aromatic N) is 1. The number of rotatable bonds is 0. The summed E-state index contributed by atoms with van der Waals surface area (Å²) in [6.45, 7) is 1.91. The van der Waals surface area contributed by atoms with Crippen molar-refractivity contribution < 1.29 is 9.50 Å². The number of halogens is 1. The van der Waals surface area contributed by atoms with Crippen LogP contribution < -0.4 is 0 Å². The van der Waals surface area contributed by atoms with Gasteiger partial charge in [0.25, 0.3) is 0 Å². The SMILES string of the molecule is CN1CCC(=O)CC1.F. The van der Waals surface area contributed by atoms with Gasteiger partial charge in [-0.3, -0.25) is 9.50 Å². The van der Waals surface area contributed by atoms with E-state index in [4.69, 9.17) is 0 Å². The summed E-state index contributed by atoms with van der Waals surface area (Å²) in [4.78, 5) is 12.8. The maximum Gasteiger partial charge on any atom is 0.135 e. The quantitative estimate of drug-likeness (QED) is 0.477. The van der Waals surface area contributed by atoms with Gasteiger partial charge in [0.2, 0.25) is 0 Å². The van der Waals surface area contributed by atoms with Crippen molar-refractivity contribution in [1.29, 1.82) is 0 Å². The third-order valence-corrected chi connectivity index (χ3v) is 1.54. The van der Waals surface area contributed by atoms with E-state index in [2.05, 4.69) is 4.90 Å². The van der Waals surface area contributed by atoms with Crippen LogP contribution in [0.3, 0.4) is 0 Å². The molecule has 0 aromatic rings. The zero-order chi connectivity index (χ0) is 5.98. The predicted octanol–water partition coefficient (Wildman–Crippen LogP) is 0.434. The van der Waals surface area contributed by atoms with Crippen LogP contribution in [-0.2, 0) is 4.79 Å². The van der Waals surface area contributed by atoms with Crippen LogP contribution in [0.2, 0.25) is 0 Å². The molecule has 0 N–H and O–H groups in total. The maximum atomic E-state index is 10.6. The summed E-state index contributed by atoms with van der Waals surface area (Å²) >= 11 is 0. The van der Waals surface area contributed by atoms with E-state index in [0.29, 0.717) is 5.78 Å². The van der Waals surface area contributed by atoms with Gasteiger partial charge in [-0.05, 0) is 7.05 Å². The van der Waals surface area contributed by atoms with Crippen LogP contribution in [0.25, 0.3) is 0 Å². The number of piperidine rings is 1. The third-order valence-electron chi connectivity index (χ3n) is 1.54. The Morgan fingerprint density at radius 2 is 1.78 bits per heavy atom. The van der Waals surface area contributed by atoms with Crippen molar-refractivity contribution in [3.05, 3.63) is 0 Å². The Morgan fingerprint density at radius 3 is 2.11 bits per heavy atom. The lowest BCUT2D eigenvalue weighted by atomic mass is 10.1. The average Bonchev–Trinajstić information content (AvgIpc) is 1.77. The molecular formula is C6H12FNO. The number of carbonyl (C=O) groups is 1. The first kappa shape index (κ1) is 8.56. The van der Waals surface area contributed by atoms with E-state index >= 15 is 0 Å². The first-order valence-electron chi connectivity index (χ1n) is 2.99. The van der Waals surface area contributed by atoms with E-state index in [1.54, 1.807) is 0 Å². The molecule has 0 amide bonds. The predicted molar refractivity (Wildman–Crippen MR) is 34.2 cm³/mol. The molecule has 0 atom stereocenters.